The lowest BCUT2D eigenvalue weighted by Gasteiger charge is -2.15. The summed E-state index contributed by atoms with van der Waals surface area (Å²) in [5.41, 5.74) is 1.55. The summed E-state index contributed by atoms with van der Waals surface area (Å²) >= 11 is 5.50. The van der Waals surface area contributed by atoms with Gasteiger partial charge in [-0.05, 0) is 71.0 Å². The third-order valence-corrected chi connectivity index (χ3v) is 4.23. The molecule has 0 amide bonds. The number of rotatable bonds is 6. The normalized spacial score (nSPS) is 12.1. The van der Waals surface area contributed by atoms with Gasteiger partial charge in [-0.15, -0.1) is 0 Å². The Hall–Kier alpha value is -2.58. The third kappa shape index (κ3) is 3.59. The number of tetrazole rings is 1. The van der Waals surface area contributed by atoms with Crippen LogP contribution in [0.4, 0.5) is 4.39 Å². The molecule has 25 heavy (non-hydrogen) atoms. The standard InChI is InChI=1S/C17H17FN4O2S/c1-24-15-8-6-14(7-9-15)21-17(25)22(20-19-21)16(10-11-23)12-2-4-13(18)5-3-12/h2-9,16,23H,10-11H2,1H3/t16-/m0/s1. The predicted molar refractivity (Wildman–Crippen MR) is 93.0 cm³/mol. The lowest BCUT2D eigenvalue weighted by molar-refractivity contribution is 0.262. The van der Waals surface area contributed by atoms with Crippen LogP contribution in [-0.4, -0.2) is 38.6 Å². The van der Waals surface area contributed by atoms with Crippen molar-refractivity contribution in [1.29, 1.82) is 0 Å². The summed E-state index contributed by atoms with van der Waals surface area (Å²) in [6.45, 7) is -0.0563. The molecule has 2 aromatic carbocycles. The predicted octanol–water partition coefficient (Wildman–Crippen LogP) is 2.92. The molecule has 0 spiro atoms. The van der Waals surface area contributed by atoms with E-state index in [1.165, 1.54) is 16.8 Å². The molecule has 0 bridgehead atoms. The van der Waals surface area contributed by atoms with E-state index in [0.29, 0.717) is 11.2 Å². The third-order valence-electron chi connectivity index (χ3n) is 3.87. The molecule has 130 valence electrons. The Kier molecular flexibility index (Phi) is 5.20. The van der Waals surface area contributed by atoms with Crippen molar-refractivity contribution in [2.24, 2.45) is 0 Å². The fourth-order valence-corrected chi connectivity index (χ4v) is 2.88. The van der Waals surface area contributed by atoms with E-state index in [4.69, 9.17) is 17.0 Å². The van der Waals surface area contributed by atoms with Gasteiger partial charge in [-0.25, -0.2) is 9.07 Å². The van der Waals surface area contributed by atoms with Gasteiger partial charge in [0.15, 0.2) is 0 Å². The highest BCUT2D eigenvalue weighted by Gasteiger charge is 2.18. The molecular formula is C17H17FN4O2S. The topological polar surface area (TPSA) is 65.1 Å². The van der Waals surface area contributed by atoms with Crippen LogP contribution in [0, 0.1) is 10.6 Å². The highest BCUT2D eigenvalue weighted by Crippen LogP contribution is 2.23. The molecule has 3 rings (SSSR count). The van der Waals surface area contributed by atoms with Gasteiger partial charge in [-0.3, -0.25) is 0 Å². The Bertz CT molecular complexity index is 890. The zero-order valence-electron chi connectivity index (χ0n) is 13.5. The number of hydrogen-bond donors (Lipinski definition) is 1. The molecule has 6 nitrogen and oxygen atoms in total. The van der Waals surface area contributed by atoms with Crippen LogP contribution in [0.15, 0.2) is 48.5 Å². The summed E-state index contributed by atoms with van der Waals surface area (Å²) in [5.74, 6) is 0.407. The Balaban J connectivity index is 1.99. The number of aliphatic hydroxyl groups excluding tert-OH is 1. The van der Waals surface area contributed by atoms with Crippen LogP contribution < -0.4 is 4.74 Å². The first-order valence-corrected chi connectivity index (χ1v) is 8.10. The minimum atomic E-state index is -0.329. The Morgan fingerprint density at radius 1 is 1.12 bits per heavy atom. The molecule has 1 N–H and O–H groups in total. The Labute approximate surface area is 149 Å². The van der Waals surface area contributed by atoms with Gasteiger partial charge in [0.05, 0.1) is 18.8 Å². The van der Waals surface area contributed by atoms with E-state index in [1.807, 2.05) is 12.1 Å². The van der Waals surface area contributed by atoms with E-state index < -0.39 is 0 Å². The van der Waals surface area contributed by atoms with Crippen molar-refractivity contribution in [3.63, 3.8) is 0 Å². The van der Waals surface area contributed by atoms with E-state index in [2.05, 4.69) is 10.4 Å². The van der Waals surface area contributed by atoms with Crippen molar-refractivity contribution < 1.29 is 14.2 Å². The molecule has 0 unspecified atom stereocenters. The van der Waals surface area contributed by atoms with Gasteiger partial charge in [-0.1, -0.05) is 12.1 Å². The second-order valence-electron chi connectivity index (χ2n) is 5.40. The van der Waals surface area contributed by atoms with E-state index in [9.17, 15) is 9.50 Å². The van der Waals surface area contributed by atoms with Crippen LogP contribution >= 0.6 is 12.2 Å². The number of methoxy groups -OCH3 is 1. The zero-order chi connectivity index (χ0) is 17.8. The molecular weight excluding hydrogens is 343 g/mol. The molecule has 1 heterocycles. The second kappa shape index (κ2) is 7.54. The molecule has 0 fully saturated rings. The van der Waals surface area contributed by atoms with Gasteiger partial charge >= 0.3 is 0 Å². The molecule has 0 saturated carbocycles. The van der Waals surface area contributed by atoms with Gasteiger partial charge in [0.25, 0.3) is 0 Å². The van der Waals surface area contributed by atoms with Crippen LogP contribution in [0.2, 0.25) is 0 Å². The maximum absolute atomic E-state index is 13.2. The fourth-order valence-electron chi connectivity index (χ4n) is 2.58. The van der Waals surface area contributed by atoms with Gasteiger partial charge in [0.2, 0.25) is 4.77 Å². The van der Waals surface area contributed by atoms with Gasteiger partial charge < -0.3 is 9.84 Å². The summed E-state index contributed by atoms with van der Waals surface area (Å²) in [6.07, 6.45) is 0.390. The highest BCUT2D eigenvalue weighted by molar-refractivity contribution is 7.71. The Morgan fingerprint density at radius 3 is 2.40 bits per heavy atom. The summed E-state index contributed by atoms with van der Waals surface area (Å²) in [4.78, 5) is 0. The highest BCUT2D eigenvalue weighted by atomic mass is 32.1. The first kappa shape index (κ1) is 17.2. The second-order valence-corrected chi connectivity index (χ2v) is 5.76. The first-order valence-electron chi connectivity index (χ1n) is 7.69. The van der Waals surface area contributed by atoms with Crippen molar-refractivity contribution in [3.8, 4) is 11.4 Å². The summed E-state index contributed by atoms with van der Waals surface area (Å²) in [7, 11) is 1.60. The number of hydrogen-bond acceptors (Lipinski definition) is 5. The minimum Gasteiger partial charge on any atom is -0.497 e. The first-order chi connectivity index (χ1) is 12.1. The van der Waals surface area contributed by atoms with Gasteiger partial charge in [0, 0.05) is 6.61 Å². The molecule has 1 aromatic heterocycles. The number of benzene rings is 2. The van der Waals surface area contributed by atoms with Crippen LogP contribution in [0.1, 0.15) is 18.0 Å². The largest absolute Gasteiger partial charge is 0.497 e. The van der Waals surface area contributed by atoms with Crippen molar-refractivity contribution >= 4 is 12.2 Å². The van der Waals surface area contributed by atoms with E-state index in [1.54, 1.807) is 36.1 Å². The van der Waals surface area contributed by atoms with Crippen molar-refractivity contribution in [2.45, 2.75) is 12.5 Å². The number of halogens is 1. The number of aromatic nitrogens is 4. The molecule has 0 radical (unpaired) electrons. The number of nitrogens with zero attached hydrogens (tertiary/aromatic N) is 4. The van der Waals surface area contributed by atoms with Crippen LogP contribution in [0.25, 0.3) is 5.69 Å². The van der Waals surface area contributed by atoms with Crippen molar-refractivity contribution in [2.75, 3.05) is 13.7 Å². The molecule has 3 aromatic rings. The zero-order valence-corrected chi connectivity index (χ0v) is 14.4. The maximum atomic E-state index is 13.2. The number of aliphatic hydroxyl groups is 1. The van der Waals surface area contributed by atoms with Crippen molar-refractivity contribution in [3.05, 3.63) is 64.7 Å². The van der Waals surface area contributed by atoms with Gasteiger partial charge in [-0.2, -0.15) is 4.68 Å². The average Bonchev–Trinajstić information content (AvgIpc) is 3.02. The van der Waals surface area contributed by atoms with Crippen LogP contribution in [-0.2, 0) is 0 Å². The lowest BCUT2D eigenvalue weighted by atomic mass is 10.0. The van der Waals surface area contributed by atoms with Crippen molar-refractivity contribution in [1.82, 2.24) is 19.8 Å². The fraction of sp³-hybridized carbons (Fsp3) is 0.235. The quantitative estimate of drug-likeness (QED) is 0.685. The smallest absolute Gasteiger partial charge is 0.221 e. The molecule has 1 atom stereocenters. The van der Waals surface area contributed by atoms with Gasteiger partial charge in [0.1, 0.15) is 11.6 Å². The molecule has 0 aliphatic heterocycles. The van der Waals surface area contributed by atoms with Crippen LogP contribution in [0.3, 0.4) is 0 Å². The van der Waals surface area contributed by atoms with Crippen LogP contribution in [0.5, 0.6) is 5.75 Å². The number of ether oxygens (including phenoxy) is 1. The summed E-state index contributed by atoms with van der Waals surface area (Å²) in [6, 6.07) is 13.0. The lowest BCUT2D eigenvalue weighted by Crippen LogP contribution is -2.14. The molecule has 8 heteroatoms. The van der Waals surface area contributed by atoms with E-state index >= 15 is 0 Å². The maximum Gasteiger partial charge on any atom is 0.221 e. The molecule has 0 aliphatic rings. The molecule has 0 aliphatic carbocycles. The van der Waals surface area contributed by atoms with E-state index in [-0.39, 0.29) is 18.5 Å². The SMILES string of the molecule is COc1ccc(-n2nnn([C@@H](CCO)c3ccc(F)cc3)c2=S)cc1. The monoisotopic (exact) mass is 360 g/mol. The molecule has 0 saturated heterocycles. The minimum absolute atomic E-state index is 0.0563. The summed E-state index contributed by atoms with van der Waals surface area (Å²) in [5, 5.41) is 17.7. The Morgan fingerprint density at radius 2 is 1.80 bits per heavy atom. The average molecular weight is 360 g/mol. The van der Waals surface area contributed by atoms with E-state index in [0.717, 1.165) is 17.0 Å². The summed E-state index contributed by atoms with van der Waals surface area (Å²) < 4.78 is 21.8.